The summed E-state index contributed by atoms with van der Waals surface area (Å²) in [5.74, 6) is -0.158. The number of alkyl halides is 1. The molecule has 0 saturated carbocycles. The molecule has 1 heterocycles. The van der Waals surface area contributed by atoms with Crippen LogP contribution in [0.2, 0.25) is 0 Å². The van der Waals surface area contributed by atoms with Crippen molar-refractivity contribution in [3.8, 4) is 0 Å². The monoisotopic (exact) mass is 191 g/mol. The number of ether oxygens (including phenoxy) is 1. The normalized spacial score (nSPS) is 22.0. The van der Waals surface area contributed by atoms with Crippen LogP contribution in [-0.2, 0) is 9.53 Å². The van der Waals surface area contributed by atoms with Gasteiger partial charge in [0.1, 0.15) is 0 Å². The summed E-state index contributed by atoms with van der Waals surface area (Å²) in [5, 5.41) is 0. The quantitative estimate of drug-likeness (QED) is 0.480. The Bertz CT molecular complexity index is 199. The van der Waals surface area contributed by atoms with Gasteiger partial charge >= 0.3 is 6.09 Å². The van der Waals surface area contributed by atoms with E-state index in [1.165, 1.54) is 0 Å². The molecule has 0 N–H and O–H groups in total. The molecule has 0 aliphatic carbocycles. The molecule has 0 radical (unpaired) electrons. The van der Waals surface area contributed by atoms with Crippen LogP contribution >= 0.6 is 11.6 Å². The molecule has 12 heavy (non-hydrogen) atoms. The van der Waals surface area contributed by atoms with Gasteiger partial charge in [-0.1, -0.05) is 0 Å². The van der Waals surface area contributed by atoms with E-state index in [9.17, 15) is 9.59 Å². The minimum absolute atomic E-state index is 0.198. The Morgan fingerprint density at radius 3 is 2.92 bits per heavy atom. The highest BCUT2D eigenvalue weighted by Crippen LogP contribution is 2.19. The second kappa shape index (κ2) is 3.76. The third kappa shape index (κ3) is 1.53. The van der Waals surface area contributed by atoms with Crippen LogP contribution in [0.15, 0.2) is 0 Å². The molecule has 68 valence electrons. The van der Waals surface area contributed by atoms with Crippen molar-refractivity contribution < 1.29 is 14.3 Å². The van der Waals surface area contributed by atoms with Crippen LogP contribution in [0, 0.1) is 5.92 Å². The van der Waals surface area contributed by atoms with E-state index in [0.717, 1.165) is 4.90 Å². The molecule has 1 unspecified atom stereocenters. The number of hydrogen-bond donors (Lipinski definition) is 0. The molecule has 1 rings (SSSR count). The van der Waals surface area contributed by atoms with Gasteiger partial charge in [-0.2, -0.15) is 0 Å². The Kier molecular flexibility index (Phi) is 2.92. The van der Waals surface area contributed by atoms with E-state index >= 15 is 0 Å². The summed E-state index contributed by atoms with van der Waals surface area (Å²) in [5.41, 5.74) is 0. The predicted molar refractivity (Wildman–Crippen MR) is 42.9 cm³/mol. The predicted octanol–water partition coefficient (Wildman–Crippen LogP) is 0.840. The molecule has 0 aromatic heterocycles. The lowest BCUT2D eigenvalue weighted by atomic mass is 10.0. The topological polar surface area (TPSA) is 46.6 Å². The molecule has 0 aromatic rings. The SMILES string of the molecule is CCOC(=O)N1CC(CCl)C1=O. The summed E-state index contributed by atoms with van der Waals surface area (Å²) in [7, 11) is 0. The molecule has 4 nitrogen and oxygen atoms in total. The molecule has 1 saturated heterocycles. The smallest absolute Gasteiger partial charge is 0.416 e. The van der Waals surface area contributed by atoms with E-state index in [1.807, 2.05) is 0 Å². The fourth-order valence-corrected chi connectivity index (χ4v) is 1.21. The van der Waals surface area contributed by atoms with Gasteiger partial charge in [0, 0.05) is 12.4 Å². The second-order valence-corrected chi connectivity index (χ2v) is 2.81. The number of rotatable bonds is 2. The highest BCUT2D eigenvalue weighted by Gasteiger charge is 2.40. The van der Waals surface area contributed by atoms with Crippen LogP contribution in [0.3, 0.4) is 0 Å². The van der Waals surface area contributed by atoms with Crippen molar-refractivity contribution in [3.05, 3.63) is 0 Å². The van der Waals surface area contributed by atoms with Crippen molar-refractivity contribution in [2.45, 2.75) is 6.92 Å². The summed E-state index contributed by atoms with van der Waals surface area (Å²) < 4.78 is 4.63. The molecule has 1 fully saturated rings. The van der Waals surface area contributed by atoms with Gasteiger partial charge in [-0.3, -0.25) is 4.79 Å². The molecule has 0 aromatic carbocycles. The number of hydrogen-bond acceptors (Lipinski definition) is 3. The number of carbonyl (C=O) groups is 2. The molecule has 0 spiro atoms. The van der Waals surface area contributed by atoms with Gasteiger partial charge in [0.05, 0.1) is 12.5 Å². The molecular formula is C7H10ClNO3. The molecule has 2 amide bonds. The summed E-state index contributed by atoms with van der Waals surface area (Å²) >= 11 is 5.45. The lowest BCUT2D eigenvalue weighted by molar-refractivity contribution is -0.143. The largest absolute Gasteiger partial charge is 0.449 e. The first-order chi connectivity index (χ1) is 5.70. The minimum atomic E-state index is -0.566. The summed E-state index contributed by atoms with van der Waals surface area (Å²) in [6, 6.07) is 0. The first-order valence-corrected chi connectivity index (χ1v) is 4.28. The third-order valence-corrected chi connectivity index (χ3v) is 2.07. The summed E-state index contributed by atoms with van der Waals surface area (Å²) in [4.78, 5) is 23.1. The lowest BCUT2D eigenvalue weighted by Gasteiger charge is -2.34. The van der Waals surface area contributed by atoms with Crippen molar-refractivity contribution in [3.63, 3.8) is 0 Å². The van der Waals surface area contributed by atoms with Gasteiger partial charge in [0.25, 0.3) is 0 Å². The highest BCUT2D eigenvalue weighted by molar-refractivity contribution is 6.20. The van der Waals surface area contributed by atoms with Crippen LogP contribution in [0.25, 0.3) is 0 Å². The number of imide groups is 1. The van der Waals surface area contributed by atoms with Gasteiger partial charge in [-0.25, -0.2) is 9.69 Å². The first kappa shape index (κ1) is 9.32. The zero-order valence-corrected chi connectivity index (χ0v) is 7.50. The zero-order valence-electron chi connectivity index (χ0n) is 6.75. The van der Waals surface area contributed by atoms with Crippen molar-refractivity contribution in [2.75, 3.05) is 19.0 Å². The van der Waals surface area contributed by atoms with Crippen molar-refractivity contribution >= 4 is 23.6 Å². The van der Waals surface area contributed by atoms with Crippen LogP contribution < -0.4 is 0 Å². The molecule has 5 heteroatoms. The second-order valence-electron chi connectivity index (χ2n) is 2.50. The molecule has 1 atom stereocenters. The number of likely N-dealkylation sites (tertiary alicyclic amines) is 1. The van der Waals surface area contributed by atoms with E-state index in [-0.39, 0.29) is 24.3 Å². The first-order valence-electron chi connectivity index (χ1n) is 3.74. The highest BCUT2D eigenvalue weighted by atomic mass is 35.5. The molecule has 1 aliphatic heterocycles. The summed E-state index contributed by atoms with van der Waals surface area (Å²) in [6.07, 6.45) is -0.566. The molecule has 1 aliphatic rings. The van der Waals surface area contributed by atoms with Crippen LogP contribution in [0.1, 0.15) is 6.92 Å². The number of carbonyl (C=O) groups excluding carboxylic acids is 2. The number of β-lactam (4-membered cyclic amide) rings is 1. The van der Waals surface area contributed by atoms with E-state index in [0.29, 0.717) is 6.54 Å². The van der Waals surface area contributed by atoms with Gasteiger partial charge in [-0.05, 0) is 6.92 Å². The van der Waals surface area contributed by atoms with E-state index in [2.05, 4.69) is 4.74 Å². The third-order valence-electron chi connectivity index (χ3n) is 1.69. The average Bonchev–Trinajstić information content (AvgIpc) is 2.03. The van der Waals surface area contributed by atoms with Gasteiger partial charge in [0.15, 0.2) is 0 Å². The molecule has 0 bridgehead atoms. The van der Waals surface area contributed by atoms with E-state index in [1.54, 1.807) is 6.92 Å². The van der Waals surface area contributed by atoms with Crippen LogP contribution in [0.5, 0.6) is 0 Å². The summed E-state index contributed by atoms with van der Waals surface area (Å²) in [6.45, 7) is 2.37. The number of halogens is 1. The standard InChI is InChI=1S/C7H10ClNO3/c1-2-12-7(11)9-4-5(3-8)6(9)10/h5H,2-4H2,1H3. The van der Waals surface area contributed by atoms with Gasteiger partial charge in [0.2, 0.25) is 5.91 Å². The maximum Gasteiger partial charge on any atom is 0.416 e. The Labute approximate surface area is 75.4 Å². The van der Waals surface area contributed by atoms with Crippen LogP contribution in [-0.4, -0.2) is 35.9 Å². The van der Waals surface area contributed by atoms with Gasteiger partial charge in [-0.15, -0.1) is 11.6 Å². The number of amides is 2. The van der Waals surface area contributed by atoms with Gasteiger partial charge < -0.3 is 4.74 Å². The Morgan fingerprint density at radius 2 is 2.50 bits per heavy atom. The minimum Gasteiger partial charge on any atom is -0.449 e. The van der Waals surface area contributed by atoms with Crippen molar-refractivity contribution in [2.24, 2.45) is 5.92 Å². The zero-order chi connectivity index (χ0) is 9.14. The van der Waals surface area contributed by atoms with E-state index in [4.69, 9.17) is 11.6 Å². The maximum absolute atomic E-state index is 11.0. The van der Waals surface area contributed by atoms with E-state index < -0.39 is 6.09 Å². The number of nitrogens with zero attached hydrogens (tertiary/aromatic N) is 1. The fraction of sp³-hybridized carbons (Fsp3) is 0.714. The Morgan fingerprint density at radius 1 is 1.83 bits per heavy atom. The van der Waals surface area contributed by atoms with Crippen LogP contribution in [0.4, 0.5) is 4.79 Å². The fourth-order valence-electron chi connectivity index (χ4n) is 0.977. The van der Waals surface area contributed by atoms with Crippen molar-refractivity contribution in [1.29, 1.82) is 0 Å². The molecular weight excluding hydrogens is 182 g/mol. The Balaban J connectivity index is 2.38. The average molecular weight is 192 g/mol. The maximum atomic E-state index is 11.0. The Hall–Kier alpha value is -0.770. The van der Waals surface area contributed by atoms with Crippen molar-refractivity contribution in [1.82, 2.24) is 4.90 Å². The lowest BCUT2D eigenvalue weighted by Crippen LogP contribution is -2.56.